The smallest absolute Gasteiger partial charge is 0.336 e. The summed E-state index contributed by atoms with van der Waals surface area (Å²) in [6.07, 6.45) is 11.6. The molecule has 0 aliphatic carbocycles. The van der Waals surface area contributed by atoms with Crippen LogP contribution in [0, 0.1) is 5.92 Å². The average Bonchev–Trinajstić information content (AvgIpc) is 2.82. The zero-order valence-electron chi connectivity index (χ0n) is 14.3. The van der Waals surface area contributed by atoms with E-state index < -0.39 is 12.3 Å². The largest absolute Gasteiger partial charge is 0.429 e. The first kappa shape index (κ1) is 19.7. The summed E-state index contributed by atoms with van der Waals surface area (Å²) in [5.41, 5.74) is 5.97. The number of esters is 1. The van der Waals surface area contributed by atoms with Gasteiger partial charge in [0.2, 0.25) is 12.2 Å². The van der Waals surface area contributed by atoms with Gasteiger partial charge >= 0.3 is 5.97 Å². The molecule has 5 heteroatoms. The number of amides is 1. The Morgan fingerprint density at radius 3 is 2.35 bits per heavy atom. The zero-order valence-corrected chi connectivity index (χ0v) is 14.3. The van der Waals surface area contributed by atoms with E-state index in [4.69, 9.17) is 5.73 Å². The lowest BCUT2D eigenvalue weighted by Gasteiger charge is -2.13. The predicted octanol–water partition coefficient (Wildman–Crippen LogP) is 3.20. The van der Waals surface area contributed by atoms with Gasteiger partial charge in [-0.1, -0.05) is 51.9 Å². The molecule has 0 radical (unpaired) electrons. The standard InChI is InChI=1S/C18H31NO4/c1-2-3-4-5-6-7-8-10-14(17(19)21)11-9-12-15-13-16(20)23-18(15)22/h13-14,16,20H,2-12H2,1H3,(H2,19,21). The van der Waals surface area contributed by atoms with Gasteiger partial charge in [-0.15, -0.1) is 0 Å². The van der Waals surface area contributed by atoms with Crippen LogP contribution >= 0.6 is 0 Å². The van der Waals surface area contributed by atoms with Crippen molar-refractivity contribution in [3.05, 3.63) is 11.6 Å². The number of aliphatic hydroxyl groups excluding tert-OH is 1. The van der Waals surface area contributed by atoms with Crippen molar-refractivity contribution in [1.29, 1.82) is 0 Å². The highest BCUT2D eigenvalue weighted by molar-refractivity contribution is 5.90. The van der Waals surface area contributed by atoms with E-state index in [2.05, 4.69) is 11.7 Å². The van der Waals surface area contributed by atoms with Gasteiger partial charge in [-0.25, -0.2) is 4.79 Å². The van der Waals surface area contributed by atoms with Crippen LogP contribution in [0.15, 0.2) is 11.6 Å². The number of ether oxygens (including phenoxy) is 1. The van der Waals surface area contributed by atoms with Gasteiger partial charge in [-0.05, 0) is 31.8 Å². The lowest BCUT2D eigenvalue weighted by atomic mass is 9.93. The van der Waals surface area contributed by atoms with Crippen LogP contribution in [0.25, 0.3) is 0 Å². The molecule has 132 valence electrons. The molecule has 3 N–H and O–H groups in total. The Kier molecular flexibility index (Phi) is 9.60. The normalized spacial score (nSPS) is 18.6. The Labute approximate surface area is 139 Å². The van der Waals surface area contributed by atoms with Gasteiger partial charge < -0.3 is 15.6 Å². The monoisotopic (exact) mass is 325 g/mol. The third kappa shape index (κ3) is 8.16. The van der Waals surface area contributed by atoms with E-state index in [1.54, 1.807) is 0 Å². The summed E-state index contributed by atoms with van der Waals surface area (Å²) >= 11 is 0. The van der Waals surface area contributed by atoms with Gasteiger partial charge in [0.05, 0.1) is 0 Å². The molecule has 0 fully saturated rings. The molecule has 2 atom stereocenters. The number of hydrogen-bond donors (Lipinski definition) is 2. The lowest BCUT2D eigenvalue weighted by molar-refractivity contribution is -0.151. The molecule has 23 heavy (non-hydrogen) atoms. The van der Waals surface area contributed by atoms with Crippen LogP contribution < -0.4 is 5.73 Å². The summed E-state index contributed by atoms with van der Waals surface area (Å²) in [6.45, 7) is 2.21. The molecule has 5 nitrogen and oxygen atoms in total. The first-order valence-electron chi connectivity index (χ1n) is 8.93. The van der Waals surface area contributed by atoms with Crippen molar-refractivity contribution in [2.45, 2.75) is 83.8 Å². The molecule has 0 aromatic heterocycles. The third-order valence-corrected chi connectivity index (χ3v) is 4.39. The van der Waals surface area contributed by atoms with Crippen molar-refractivity contribution in [3.63, 3.8) is 0 Å². The maximum Gasteiger partial charge on any atom is 0.336 e. The van der Waals surface area contributed by atoms with E-state index in [-0.39, 0.29) is 11.8 Å². The summed E-state index contributed by atoms with van der Waals surface area (Å²) in [5, 5.41) is 9.19. The molecule has 0 spiro atoms. The Balaban J connectivity index is 2.16. The van der Waals surface area contributed by atoms with E-state index in [1.807, 2.05) is 0 Å². The maximum atomic E-state index is 11.5. The number of rotatable bonds is 13. The molecular weight excluding hydrogens is 294 g/mol. The van der Waals surface area contributed by atoms with Gasteiger partial charge in [-0.2, -0.15) is 0 Å². The quantitative estimate of drug-likeness (QED) is 0.402. The molecule has 1 amide bonds. The van der Waals surface area contributed by atoms with E-state index in [0.29, 0.717) is 24.8 Å². The maximum absolute atomic E-state index is 11.5. The molecule has 1 aliphatic rings. The number of primary amides is 1. The number of aliphatic hydroxyl groups is 1. The van der Waals surface area contributed by atoms with Crippen molar-refractivity contribution in [2.75, 3.05) is 0 Å². The Morgan fingerprint density at radius 1 is 1.17 bits per heavy atom. The number of carbonyl (C=O) groups excluding carboxylic acids is 2. The third-order valence-electron chi connectivity index (χ3n) is 4.39. The van der Waals surface area contributed by atoms with Crippen LogP contribution in [0.4, 0.5) is 0 Å². The van der Waals surface area contributed by atoms with Gasteiger partial charge in [0, 0.05) is 11.5 Å². The first-order chi connectivity index (χ1) is 11.0. The average molecular weight is 325 g/mol. The van der Waals surface area contributed by atoms with E-state index in [9.17, 15) is 14.7 Å². The van der Waals surface area contributed by atoms with Crippen LogP contribution in [0.5, 0.6) is 0 Å². The minimum atomic E-state index is -1.11. The Bertz CT molecular complexity index is 406. The first-order valence-corrected chi connectivity index (χ1v) is 8.93. The number of nitrogens with two attached hydrogens (primary N) is 1. The Hall–Kier alpha value is -1.36. The molecule has 0 saturated carbocycles. The van der Waals surface area contributed by atoms with Crippen LogP contribution in [-0.2, 0) is 14.3 Å². The van der Waals surface area contributed by atoms with Crippen LogP contribution in [0.2, 0.25) is 0 Å². The number of unbranched alkanes of at least 4 members (excludes halogenated alkanes) is 6. The van der Waals surface area contributed by atoms with E-state index in [1.165, 1.54) is 38.2 Å². The second kappa shape index (κ2) is 11.2. The fourth-order valence-electron chi connectivity index (χ4n) is 2.96. The van der Waals surface area contributed by atoms with Crippen molar-refractivity contribution in [3.8, 4) is 0 Å². The van der Waals surface area contributed by atoms with Crippen LogP contribution in [0.3, 0.4) is 0 Å². The van der Waals surface area contributed by atoms with Gasteiger partial charge in [0.15, 0.2) is 0 Å². The molecule has 1 heterocycles. The van der Waals surface area contributed by atoms with Crippen molar-refractivity contribution < 1.29 is 19.4 Å². The fourth-order valence-corrected chi connectivity index (χ4v) is 2.96. The van der Waals surface area contributed by atoms with Gasteiger partial charge in [-0.3, -0.25) is 4.79 Å². The summed E-state index contributed by atoms with van der Waals surface area (Å²) in [6, 6.07) is 0. The van der Waals surface area contributed by atoms with Crippen molar-refractivity contribution >= 4 is 11.9 Å². The fraction of sp³-hybridized carbons (Fsp3) is 0.778. The molecule has 1 aliphatic heterocycles. The molecule has 1 rings (SSSR count). The van der Waals surface area contributed by atoms with Crippen molar-refractivity contribution in [1.82, 2.24) is 0 Å². The highest BCUT2D eigenvalue weighted by atomic mass is 16.6. The van der Waals surface area contributed by atoms with E-state index >= 15 is 0 Å². The SMILES string of the molecule is CCCCCCCCCC(CCCC1=CC(O)OC1=O)C(N)=O. The molecule has 0 aromatic carbocycles. The lowest BCUT2D eigenvalue weighted by Crippen LogP contribution is -2.23. The molecule has 2 unspecified atom stereocenters. The molecule has 0 bridgehead atoms. The second-order valence-electron chi connectivity index (χ2n) is 6.39. The summed E-state index contributed by atoms with van der Waals surface area (Å²) in [4.78, 5) is 22.9. The van der Waals surface area contributed by atoms with E-state index in [0.717, 1.165) is 19.3 Å². The molecule has 0 saturated heterocycles. The van der Waals surface area contributed by atoms with Gasteiger partial charge in [0.1, 0.15) is 0 Å². The number of hydrogen-bond acceptors (Lipinski definition) is 4. The van der Waals surface area contributed by atoms with Crippen LogP contribution in [-0.4, -0.2) is 23.3 Å². The van der Waals surface area contributed by atoms with Crippen LogP contribution in [0.1, 0.15) is 77.6 Å². The highest BCUT2D eigenvalue weighted by Crippen LogP contribution is 2.22. The highest BCUT2D eigenvalue weighted by Gasteiger charge is 2.23. The number of carbonyl (C=O) groups is 2. The number of cyclic esters (lactones) is 1. The summed E-state index contributed by atoms with van der Waals surface area (Å²) in [5.74, 6) is -0.826. The molecular formula is C18H31NO4. The second-order valence-corrected chi connectivity index (χ2v) is 6.39. The van der Waals surface area contributed by atoms with Gasteiger partial charge in [0.25, 0.3) is 0 Å². The zero-order chi connectivity index (χ0) is 17.1. The topological polar surface area (TPSA) is 89.6 Å². The molecule has 0 aromatic rings. The minimum Gasteiger partial charge on any atom is -0.429 e. The summed E-state index contributed by atoms with van der Waals surface area (Å²) in [7, 11) is 0. The van der Waals surface area contributed by atoms with Crippen molar-refractivity contribution in [2.24, 2.45) is 11.7 Å². The Morgan fingerprint density at radius 2 is 1.78 bits per heavy atom. The predicted molar refractivity (Wildman–Crippen MR) is 89.3 cm³/mol. The summed E-state index contributed by atoms with van der Waals surface area (Å²) < 4.78 is 4.63. The minimum absolute atomic E-state index is 0.117.